The molecule has 6 nitrogen and oxygen atoms in total. The lowest BCUT2D eigenvalue weighted by Gasteiger charge is -2.07. The fraction of sp³-hybridized carbons (Fsp3) is 0.118. The first-order valence-electron chi connectivity index (χ1n) is 7.21. The first-order valence-corrected chi connectivity index (χ1v) is 8.47. The van der Waals surface area contributed by atoms with Gasteiger partial charge in [-0.2, -0.15) is 0 Å². The van der Waals surface area contributed by atoms with Gasteiger partial charge in [0.05, 0.1) is 17.8 Å². The van der Waals surface area contributed by atoms with Crippen molar-refractivity contribution in [3.05, 3.63) is 56.9 Å². The number of aromatic nitrogens is 1. The highest BCUT2D eigenvalue weighted by Gasteiger charge is 2.24. The second-order valence-electron chi connectivity index (χ2n) is 5.05. The van der Waals surface area contributed by atoms with Crippen LogP contribution in [-0.4, -0.2) is 24.1 Å². The number of ether oxygens (including phenoxy) is 1. The number of esters is 1. The van der Waals surface area contributed by atoms with Crippen LogP contribution in [0.1, 0.15) is 25.8 Å². The van der Waals surface area contributed by atoms with Gasteiger partial charge in [-0.05, 0) is 24.4 Å². The summed E-state index contributed by atoms with van der Waals surface area (Å²) in [6, 6.07) is 8.66. The zero-order chi connectivity index (χ0) is 18.0. The van der Waals surface area contributed by atoms with Crippen LogP contribution in [0, 0.1) is 6.92 Å². The number of carbonyl (C=O) groups excluding carboxylic acids is 2. The van der Waals surface area contributed by atoms with Crippen LogP contribution < -0.4 is 5.32 Å². The van der Waals surface area contributed by atoms with Crippen molar-refractivity contribution in [1.29, 1.82) is 0 Å². The second-order valence-corrected chi connectivity index (χ2v) is 6.37. The maximum Gasteiger partial charge on any atom is 0.350 e. The Balaban J connectivity index is 1.97. The average Bonchev–Trinajstić information content (AvgIpc) is 3.21. The molecule has 0 radical (unpaired) electrons. The Bertz CT molecular complexity index is 948. The quantitative estimate of drug-likeness (QED) is 0.682. The van der Waals surface area contributed by atoms with Crippen LogP contribution in [0.4, 0.5) is 5.69 Å². The number of hydrogen-bond donors (Lipinski definition) is 1. The van der Waals surface area contributed by atoms with Gasteiger partial charge in [0.25, 0.3) is 5.91 Å². The van der Waals surface area contributed by atoms with E-state index in [9.17, 15) is 9.59 Å². The molecule has 0 aliphatic heterocycles. The number of aryl methyl sites for hydroxylation is 1. The molecule has 0 saturated carbocycles. The van der Waals surface area contributed by atoms with Gasteiger partial charge in [-0.25, -0.2) is 4.79 Å². The number of thiophene rings is 1. The van der Waals surface area contributed by atoms with Crippen LogP contribution in [0.3, 0.4) is 0 Å². The number of anilines is 1. The third-order valence-electron chi connectivity index (χ3n) is 3.50. The van der Waals surface area contributed by atoms with Gasteiger partial charge in [0.2, 0.25) is 0 Å². The van der Waals surface area contributed by atoms with E-state index >= 15 is 0 Å². The van der Waals surface area contributed by atoms with E-state index in [0.29, 0.717) is 32.6 Å². The minimum atomic E-state index is -0.515. The number of halogens is 1. The van der Waals surface area contributed by atoms with Crippen molar-refractivity contribution in [1.82, 2.24) is 5.16 Å². The molecule has 0 bridgehead atoms. The first kappa shape index (κ1) is 17.2. The number of methoxy groups -OCH3 is 1. The highest BCUT2D eigenvalue weighted by atomic mass is 35.5. The van der Waals surface area contributed by atoms with E-state index in [-0.39, 0.29) is 5.56 Å². The Hall–Kier alpha value is -2.64. The van der Waals surface area contributed by atoms with E-state index < -0.39 is 11.9 Å². The number of nitrogens with zero attached hydrogens (tertiary/aromatic N) is 1. The Labute approximate surface area is 152 Å². The zero-order valence-corrected chi connectivity index (χ0v) is 14.9. The lowest BCUT2D eigenvalue weighted by Crippen LogP contribution is -2.15. The number of hydrogen-bond acceptors (Lipinski definition) is 6. The molecule has 2 heterocycles. The maximum atomic E-state index is 12.8. The van der Waals surface area contributed by atoms with Gasteiger partial charge in [-0.1, -0.05) is 35.0 Å². The molecule has 3 rings (SSSR count). The molecule has 0 unspecified atom stereocenters. The molecule has 0 saturated heterocycles. The minimum Gasteiger partial charge on any atom is -0.465 e. The van der Waals surface area contributed by atoms with Crippen molar-refractivity contribution in [2.45, 2.75) is 6.92 Å². The van der Waals surface area contributed by atoms with Crippen LogP contribution in [0.25, 0.3) is 11.3 Å². The highest BCUT2D eigenvalue weighted by molar-refractivity contribution is 7.12. The Morgan fingerprint density at radius 3 is 2.76 bits per heavy atom. The van der Waals surface area contributed by atoms with Crippen LogP contribution in [0.15, 0.2) is 40.2 Å². The van der Waals surface area contributed by atoms with Gasteiger partial charge in [-0.3, -0.25) is 4.79 Å². The molecule has 1 amide bonds. The third kappa shape index (κ3) is 3.29. The third-order valence-corrected chi connectivity index (χ3v) is 4.73. The largest absolute Gasteiger partial charge is 0.465 e. The number of carbonyl (C=O) groups is 2. The van der Waals surface area contributed by atoms with Crippen molar-refractivity contribution in [3.8, 4) is 11.3 Å². The summed E-state index contributed by atoms with van der Waals surface area (Å²) in [4.78, 5) is 24.8. The van der Waals surface area contributed by atoms with Gasteiger partial charge in [-0.15, -0.1) is 11.3 Å². The van der Waals surface area contributed by atoms with E-state index in [1.807, 2.05) is 0 Å². The van der Waals surface area contributed by atoms with E-state index in [1.165, 1.54) is 18.4 Å². The molecule has 3 aromatic rings. The van der Waals surface area contributed by atoms with E-state index in [4.69, 9.17) is 20.9 Å². The Kier molecular flexibility index (Phi) is 4.87. The molecule has 2 aromatic heterocycles. The SMILES string of the molecule is COC(=O)c1sccc1NC(=O)c1c(-c2ccccc2Cl)noc1C. The van der Waals surface area contributed by atoms with Crippen molar-refractivity contribution in [2.24, 2.45) is 0 Å². The van der Waals surface area contributed by atoms with Crippen molar-refractivity contribution in [3.63, 3.8) is 0 Å². The molecular formula is C17H13ClN2O4S. The van der Waals surface area contributed by atoms with Gasteiger partial charge in [0.15, 0.2) is 0 Å². The number of nitrogens with one attached hydrogen (secondary N) is 1. The molecule has 1 N–H and O–H groups in total. The summed E-state index contributed by atoms with van der Waals surface area (Å²) in [7, 11) is 1.29. The average molecular weight is 377 g/mol. The molecule has 0 aliphatic rings. The van der Waals surface area contributed by atoms with Crippen LogP contribution in [0.5, 0.6) is 0 Å². The summed E-state index contributed by atoms with van der Waals surface area (Å²) in [6.07, 6.45) is 0. The standard InChI is InChI=1S/C17H13ClN2O4S/c1-9-13(14(20-24-9)10-5-3-4-6-11(10)18)16(21)19-12-7-8-25-15(12)17(22)23-2/h3-8H,1-2H3,(H,19,21). The van der Waals surface area contributed by atoms with Crippen molar-refractivity contribution in [2.75, 3.05) is 12.4 Å². The van der Waals surface area contributed by atoms with Gasteiger partial charge in [0, 0.05) is 5.56 Å². The second kappa shape index (κ2) is 7.08. The predicted octanol–water partition coefficient (Wildman–Crippen LogP) is 4.40. The molecular weight excluding hydrogens is 364 g/mol. The zero-order valence-electron chi connectivity index (χ0n) is 13.3. The molecule has 0 fully saturated rings. The van der Waals surface area contributed by atoms with E-state index in [1.54, 1.807) is 42.6 Å². The summed E-state index contributed by atoms with van der Waals surface area (Å²) in [6.45, 7) is 1.64. The van der Waals surface area contributed by atoms with E-state index in [2.05, 4.69) is 10.5 Å². The summed E-state index contributed by atoms with van der Waals surface area (Å²) in [5.74, 6) is -0.613. The van der Waals surface area contributed by atoms with Gasteiger partial charge < -0.3 is 14.6 Å². The summed E-state index contributed by atoms with van der Waals surface area (Å²) in [5, 5.41) is 8.81. The highest BCUT2D eigenvalue weighted by Crippen LogP contribution is 2.32. The lowest BCUT2D eigenvalue weighted by molar-refractivity contribution is 0.0607. The van der Waals surface area contributed by atoms with Crippen LogP contribution in [-0.2, 0) is 4.74 Å². The van der Waals surface area contributed by atoms with Crippen molar-refractivity contribution < 1.29 is 18.8 Å². The molecule has 128 valence electrons. The predicted molar refractivity (Wildman–Crippen MR) is 95.3 cm³/mol. The normalized spacial score (nSPS) is 10.5. The molecule has 1 aromatic carbocycles. The minimum absolute atomic E-state index is 0.259. The van der Waals surface area contributed by atoms with Gasteiger partial charge in [0.1, 0.15) is 21.9 Å². The number of benzene rings is 1. The molecule has 25 heavy (non-hydrogen) atoms. The smallest absolute Gasteiger partial charge is 0.350 e. The topological polar surface area (TPSA) is 81.4 Å². The first-order chi connectivity index (χ1) is 12.0. The lowest BCUT2D eigenvalue weighted by atomic mass is 10.1. The number of amides is 1. The van der Waals surface area contributed by atoms with Gasteiger partial charge >= 0.3 is 5.97 Å². The van der Waals surface area contributed by atoms with Crippen LogP contribution >= 0.6 is 22.9 Å². The summed E-state index contributed by atoms with van der Waals surface area (Å²) < 4.78 is 9.90. The fourth-order valence-electron chi connectivity index (χ4n) is 2.32. The molecule has 0 spiro atoms. The fourth-order valence-corrected chi connectivity index (χ4v) is 3.31. The summed E-state index contributed by atoms with van der Waals surface area (Å²) >= 11 is 7.38. The monoisotopic (exact) mass is 376 g/mol. The number of rotatable bonds is 4. The van der Waals surface area contributed by atoms with Crippen LogP contribution in [0.2, 0.25) is 5.02 Å². The Morgan fingerprint density at radius 2 is 2.04 bits per heavy atom. The van der Waals surface area contributed by atoms with Crippen molar-refractivity contribution >= 4 is 40.5 Å². The van der Waals surface area contributed by atoms with E-state index in [0.717, 1.165) is 0 Å². The Morgan fingerprint density at radius 1 is 1.28 bits per heavy atom. The molecule has 0 atom stereocenters. The summed E-state index contributed by atoms with van der Waals surface area (Å²) in [5.41, 5.74) is 1.56. The molecule has 0 aliphatic carbocycles. The molecule has 8 heteroatoms. The maximum absolute atomic E-state index is 12.8.